The Labute approximate surface area is 190 Å². The van der Waals surface area contributed by atoms with Crippen LogP contribution < -0.4 is 19.7 Å². The lowest BCUT2D eigenvalue weighted by Gasteiger charge is -2.21. The minimum atomic E-state index is -0.191. The van der Waals surface area contributed by atoms with Crippen molar-refractivity contribution < 1.29 is 14.3 Å². The normalized spacial score (nSPS) is 10.7. The second-order valence-electron chi connectivity index (χ2n) is 7.23. The number of ether oxygens (including phenoxy) is 2. The maximum absolute atomic E-state index is 12.3. The zero-order valence-electron chi connectivity index (χ0n) is 18.9. The first kappa shape index (κ1) is 22.9. The van der Waals surface area contributed by atoms with Gasteiger partial charge in [-0.05, 0) is 67.4 Å². The Morgan fingerprint density at radius 2 is 1.66 bits per heavy atom. The van der Waals surface area contributed by atoms with Crippen molar-refractivity contribution in [3.05, 3.63) is 90.0 Å². The lowest BCUT2D eigenvalue weighted by Crippen LogP contribution is -2.21. The van der Waals surface area contributed by atoms with Gasteiger partial charge in [-0.15, -0.1) is 0 Å². The Bertz CT molecular complexity index is 1030. The van der Waals surface area contributed by atoms with Gasteiger partial charge >= 0.3 is 0 Å². The van der Waals surface area contributed by atoms with Gasteiger partial charge in [0, 0.05) is 30.5 Å². The molecule has 166 valence electrons. The van der Waals surface area contributed by atoms with Crippen LogP contribution in [0.15, 0.2) is 78.9 Å². The molecule has 0 fully saturated rings. The van der Waals surface area contributed by atoms with Crippen LogP contribution in [-0.4, -0.2) is 26.1 Å². The van der Waals surface area contributed by atoms with Crippen LogP contribution in [-0.2, 0) is 11.4 Å². The topological polar surface area (TPSA) is 50.8 Å². The van der Waals surface area contributed by atoms with Crippen LogP contribution >= 0.6 is 0 Å². The van der Waals surface area contributed by atoms with Gasteiger partial charge in [-0.25, -0.2) is 0 Å². The van der Waals surface area contributed by atoms with Gasteiger partial charge in [0.25, 0.3) is 0 Å². The largest absolute Gasteiger partial charge is 0.493 e. The fourth-order valence-corrected chi connectivity index (χ4v) is 3.34. The summed E-state index contributed by atoms with van der Waals surface area (Å²) in [6.45, 7) is 6.61. The van der Waals surface area contributed by atoms with Gasteiger partial charge in [0.2, 0.25) is 5.91 Å². The summed E-state index contributed by atoms with van der Waals surface area (Å²) >= 11 is 0. The van der Waals surface area contributed by atoms with Crippen molar-refractivity contribution in [3.63, 3.8) is 0 Å². The van der Waals surface area contributed by atoms with Crippen LogP contribution in [0, 0.1) is 0 Å². The quantitative estimate of drug-likeness (QED) is 0.415. The predicted molar refractivity (Wildman–Crippen MR) is 131 cm³/mol. The van der Waals surface area contributed by atoms with Gasteiger partial charge in [-0.2, -0.15) is 0 Å². The highest BCUT2D eigenvalue weighted by Gasteiger charge is 2.06. The van der Waals surface area contributed by atoms with Crippen molar-refractivity contribution >= 4 is 23.4 Å². The van der Waals surface area contributed by atoms with Gasteiger partial charge in [0.05, 0.1) is 7.11 Å². The van der Waals surface area contributed by atoms with Crippen LogP contribution in [0.25, 0.3) is 6.08 Å². The number of methoxy groups -OCH3 is 1. The van der Waals surface area contributed by atoms with Gasteiger partial charge < -0.3 is 19.7 Å². The van der Waals surface area contributed by atoms with E-state index in [-0.39, 0.29) is 5.91 Å². The van der Waals surface area contributed by atoms with Crippen LogP contribution in [0.4, 0.5) is 11.4 Å². The molecule has 1 N–H and O–H groups in total. The fourth-order valence-electron chi connectivity index (χ4n) is 3.34. The van der Waals surface area contributed by atoms with Gasteiger partial charge in [-0.3, -0.25) is 4.79 Å². The molecule has 3 aromatic carbocycles. The summed E-state index contributed by atoms with van der Waals surface area (Å²) in [5.41, 5.74) is 3.84. The molecule has 0 aliphatic rings. The molecule has 0 aliphatic carbocycles. The zero-order chi connectivity index (χ0) is 22.8. The van der Waals surface area contributed by atoms with E-state index in [1.54, 1.807) is 13.2 Å². The number of carbonyl (C=O) groups is 1. The molecule has 1 amide bonds. The summed E-state index contributed by atoms with van der Waals surface area (Å²) in [5, 5.41) is 2.89. The first-order chi connectivity index (χ1) is 15.6. The highest BCUT2D eigenvalue weighted by atomic mass is 16.5. The van der Waals surface area contributed by atoms with Crippen LogP contribution in [0.3, 0.4) is 0 Å². The minimum absolute atomic E-state index is 0.191. The first-order valence-electron chi connectivity index (χ1n) is 10.8. The second-order valence-corrected chi connectivity index (χ2v) is 7.23. The number of amides is 1. The fraction of sp³-hybridized carbons (Fsp3) is 0.222. The SMILES string of the molecule is CCN(CC)c1ccc(NC(=O)/C=C/c2ccc(OCc3ccccc3)c(OC)c2)cc1. The molecule has 0 aliphatic heterocycles. The Kier molecular flexibility index (Phi) is 8.32. The van der Waals surface area contributed by atoms with E-state index in [0.29, 0.717) is 18.1 Å². The molecule has 0 spiro atoms. The average Bonchev–Trinajstić information content (AvgIpc) is 2.84. The maximum atomic E-state index is 12.3. The number of nitrogens with one attached hydrogen (secondary N) is 1. The third kappa shape index (κ3) is 6.38. The number of benzene rings is 3. The van der Waals surface area contributed by atoms with E-state index in [9.17, 15) is 4.79 Å². The summed E-state index contributed by atoms with van der Waals surface area (Å²) in [7, 11) is 1.60. The van der Waals surface area contributed by atoms with Gasteiger partial charge in [0.1, 0.15) is 6.61 Å². The first-order valence-corrected chi connectivity index (χ1v) is 10.8. The third-order valence-electron chi connectivity index (χ3n) is 5.12. The molecule has 3 rings (SSSR count). The lowest BCUT2D eigenvalue weighted by molar-refractivity contribution is -0.111. The average molecular weight is 431 g/mol. The molecule has 3 aromatic rings. The summed E-state index contributed by atoms with van der Waals surface area (Å²) in [6.07, 6.45) is 3.26. The summed E-state index contributed by atoms with van der Waals surface area (Å²) in [5.74, 6) is 1.09. The van der Waals surface area contributed by atoms with Gasteiger partial charge in [0.15, 0.2) is 11.5 Å². The van der Waals surface area contributed by atoms with Gasteiger partial charge in [-0.1, -0.05) is 36.4 Å². The highest BCUT2D eigenvalue weighted by molar-refractivity contribution is 6.02. The molecule has 32 heavy (non-hydrogen) atoms. The van der Waals surface area contributed by atoms with Crippen molar-refractivity contribution in [1.82, 2.24) is 0 Å². The highest BCUT2D eigenvalue weighted by Crippen LogP contribution is 2.29. The molecule has 0 saturated carbocycles. The maximum Gasteiger partial charge on any atom is 0.248 e. The van der Waals surface area contributed by atoms with Crippen molar-refractivity contribution in [3.8, 4) is 11.5 Å². The monoisotopic (exact) mass is 430 g/mol. The zero-order valence-corrected chi connectivity index (χ0v) is 18.9. The molecule has 5 heteroatoms. The molecule has 0 saturated heterocycles. The summed E-state index contributed by atoms with van der Waals surface area (Å²) in [6, 6.07) is 23.4. The Morgan fingerprint density at radius 3 is 2.31 bits per heavy atom. The number of hydrogen-bond donors (Lipinski definition) is 1. The van der Waals surface area contributed by atoms with E-state index in [2.05, 4.69) is 24.1 Å². The van der Waals surface area contributed by atoms with E-state index >= 15 is 0 Å². The Morgan fingerprint density at radius 1 is 0.938 bits per heavy atom. The molecule has 5 nitrogen and oxygen atoms in total. The molecule has 0 heterocycles. The molecule has 0 unspecified atom stereocenters. The molecule has 0 atom stereocenters. The van der Waals surface area contributed by atoms with Crippen molar-refractivity contribution in [2.75, 3.05) is 30.4 Å². The Balaban J connectivity index is 1.59. The van der Waals surface area contributed by atoms with Crippen molar-refractivity contribution in [1.29, 1.82) is 0 Å². The van der Waals surface area contributed by atoms with E-state index in [1.165, 1.54) is 6.08 Å². The predicted octanol–water partition coefficient (Wildman–Crippen LogP) is 5.77. The van der Waals surface area contributed by atoms with E-state index in [4.69, 9.17) is 9.47 Å². The molecular formula is C27H30N2O3. The Hall–Kier alpha value is -3.73. The van der Waals surface area contributed by atoms with Crippen LogP contribution in [0.2, 0.25) is 0 Å². The van der Waals surface area contributed by atoms with Crippen LogP contribution in [0.1, 0.15) is 25.0 Å². The number of rotatable bonds is 10. The number of carbonyl (C=O) groups excluding carboxylic acids is 1. The smallest absolute Gasteiger partial charge is 0.248 e. The van der Waals surface area contributed by atoms with Crippen molar-refractivity contribution in [2.45, 2.75) is 20.5 Å². The number of nitrogens with zero attached hydrogens (tertiary/aromatic N) is 1. The van der Waals surface area contributed by atoms with E-state index in [1.807, 2.05) is 72.8 Å². The van der Waals surface area contributed by atoms with Crippen LogP contribution in [0.5, 0.6) is 11.5 Å². The van der Waals surface area contributed by atoms with E-state index in [0.717, 1.165) is 35.6 Å². The number of hydrogen-bond acceptors (Lipinski definition) is 4. The third-order valence-corrected chi connectivity index (χ3v) is 5.12. The van der Waals surface area contributed by atoms with E-state index < -0.39 is 0 Å². The molecule has 0 bridgehead atoms. The lowest BCUT2D eigenvalue weighted by atomic mass is 10.2. The standard InChI is InChI=1S/C27H30N2O3/c1-4-29(5-2)24-15-13-23(14-16-24)28-27(30)18-12-21-11-17-25(26(19-21)31-3)32-20-22-9-7-6-8-10-22/h6-19H,4-5,20H2,1-3H3,(H,28,30)/b18-12+. The number of anilines is 2. The molecular weight excluding hydrogens is 400 g/mol. The molecule has 0 aromatic heterocycles. The second kappa shape index (κ2) is 11.6. The van der Waals surface area contributed by atoms with Crippen molar-refractivity contribution in [2.24, 2.45) is 0 Å². The summed E-state index contributed by atoms with van der Waals surface area (Å²) < 4.78 is 11.3. The minimum Gasteiger partial charge on any atom is -0.493 e. The summed E-state index contributed by atoms with van der Waals surface area (Å²) in [4.78, 5) is 14.6. The molecule has 0 radical (unpaired) electrons.